The molecule has 0 radical (unpaired) electrons. The molecule has 6 nitrogen and oxygen atoms in total. The molecule has 0 amide bonds. The molecule has 0 aliphatic heterocycles. The molecule has 1 heterocycles. The van der Waals surface area contributed by atoms with E-state index < -0.39 is 10.0 Å². The van der Waals surface area contributed by atoms with Crippen LogP contribution in [0.15, 0.2) is 65.6 Å². The summed E-state index contributed by atoms with van der Waals surface area (Å²) in [5.41, 5.74) is 4.64. The topological polar surface area (TPSA) is 84.0 Å². The van der Waals surface area contributed by atoms with E-state index in [0.717, 1.165) is 31.4 Å². The zero-order valence-corrected chi connectivity index (χ0v) is 19.8. The summed E-state index contributed by atoms with van der Waals surface area (Å²) in [4.78, 5) is 9.10. The van der Waals surface area contributed by atoms with E-state index in [1.54, 1.807) is 6.07 Å². The van der Waals surface area contributed by atoms with E-state index in [2.05, 4.69) is 26.1 Å². The number of halogens is 2. The zero-order chi connectivity index (χ0) is 23.0. The quantitative estimate of drug-likeness (QED) is 0.334. The van der Waals surface area contributed by atoms with Crippen LogP contribution in [0.1, 0.15) is 24.0 Å². The van der Waals surface area contributed by atoms with Crippen LogP contribution in [0.25, 0.3) is 11.0 Å². The van der Waals surface area contributed by atoms with Crippen molar-refractivity contribution in [3.05, 3.63) is 81.8 Å². The second-order valence-corrected chi connectivity index (χ2v) is 10.4. The lowest BCUT2D eigenvalue weighted by atomic mass is 9.90. The zero-order valence-electron chi connectivity index (χ0n) is 17.5. The Bertz CT molecular complexity index is 1480. The molecule has 0 atom stereocenters. The highest BCUT2D eigenvalue weighted by molar-refractivity contribution is 7.92. The average Bonchev–Trinajstić information content (AvgIpc) is 2.81. The lowest BCUT2D eigenvalue weighted by molar-refractivity contribution is 0.601. The minimum atomic E-state index is -4.08. The van der Waals surface area contributed by atoms with E-state index in [-0.39, 0.29) is 20.8 Å². The number of para-hydroxylation sites is 2. The summed E-state index contributed by atoms with van der Waals surface area (Å²) in [7, 11) is -4.08. The molecule has 2 N–H and O–H groups in total. The number of benzene rings is 3. The molecule has 3 aromatic carbocycles. The van der Waals surface area contributed by atoms with Crippen LogP contribution in [0.3, 0.4) is 0 Å². The first-order chi connectivity index (χ1) is 15.9. The van der Waals surface area contributed by atoms with Crippen LogP contribution in [0.4, 0.5) is 17.3 Å². The largest absolute Gasteiger partial charge is 0.337 e. The standard InChI is InChI=1S/C24H20Cl2N4O2S/c25-16-12-13-18(26)22(14-16)33(31,32)30-24-23(28-20-9-3-4-10-21(20)29-24)27-19-11-5-7-15-6-1-2-8-17(15)19/h3-5,7,9-14H,1-2,6,8H2,(H,27,28)(H,29,30). The van der Waals surface area contributed by atoms with Gasteiger partial charge in [0.25, 0.3) is 10.0 Å². The monoisotopic (exact) mass is 498 g/mol. The van der Waals surface area contributed by atoms with Gasteiger partial charge in [-0.2, -0.15) is 0 Å². The summed E-state index contributed by atoms with van der Waals surface area (Å²) in [6, 6.07) is 17.7. The molecule has 0 unspecified atom stereocenters. The van der Waals surface area contributed by atoms with Crippen molar-refractivity contribution in [2.75, 3.05) is 10.0 Å². The molecule has 1 aromatic heterocycles. The van der Waals surface area contributed by atoms with Gasteiger partial charge in [0, 0.05) is 10.7 Å². The van der Waals surface area contributed by atoms with E-state index in [9.17, 15) is 8.42 Å². The maximum atomic E-state index is 13.2. The predicted molar refractivity (Wildman–Crippen MR) is 133 cm³/mol. The van der Waals surface area contributed by atoms with Gasteiger partial charge in [0.1, 0.15) is 4.90 Å². The first-order valence-corrected chi connectivity index (χ1v) is 12.8. The highest BCUT2D eigenvalue weighted by Gasteiger charge is 2.23. The van der Waals surface area contributed by atoms with Crippen molar-refractivity contribution in [3.63, 3.8) is 0 Å². The Balaban J connectivity index is 1.60. The van der Waals surface area contributed by atoms with Crippen LogP contribution in [0.2, 0.25) is 10.0 Å². The van der Waals surface area contributed by atoms with Gasteiger partial charge >= 0.3 is 0 Å². The number of aromatic nitrogens is 2. The molecular formula is C24H20Cl2N4O2S. The van der Waals surface area contributed by atoms with Crippen molar-refractivity contribution >= 4 is 61.6 Å². The third-order valence-electron chi connectivity index (χ3n) is 5.63. The summed E-state index contributed by atoms with van der Waals surface area (Å²) in [5.74, 6) is 0.396. The maximum absolute atomic E-state index is 13.2. The molecule has 0 bridgehead atoms. The van der Waals surface area contributed by atoms with Gasteiger partial charge in [-0.05, 0) is 73.2 Å². The van der Waals surface area contributed by atoms with Gasteiger partial charge in [0.15, 0.2) is 11.6 Å². The fourth-order valence-electron chi connectivity index (χ4n) is 4.05. The fourth-order valence-corrected chi connectivity index (χ4v) is 5.82. The maximum Gasteiger partial charge on any atom is 0.264 e. The molecule has 0 saturated heterocycles. The van der Waals surface area contributed by atoms with Crippen LogP contribution in [0.5, 0.6) is 0 Å². The van der Waals surface area contributed by atoms with Gasteiger partial charge in [0.2, 0.25) is 0 Å². The Morgan fingerprint density at radius 3 is 2.33 bits per heavy atom. The second kappa shape index (κ2) is 8.82. The molecule has 4 aromatic rings. The molecule has 0 fully saturated rings. The number of nitrogens with one attached hydrogen (secondary N) is 2. The summed E-state index contributed by atoms with van der Waals surface area (Å²) < 4.78 is 29.0. The minimum absolute atomic E-state index is 0.0623. The summed E-state index contributed by atoms with van der Waals surface area (Å²) in [5, 5.41) is 3.66. The van der Waals surface area contributed by atoms with Crippen molar-refractivity contribution in [2.24, 2.45) is 0 Å². The van der Waals surface area contributed by atoms with E-state index in [4.69, 9.17) is 23.2 Å². The van der Waals surface area contributed by atoms with Gasteiger partial charge < -0.3 is 5.32 Å². The number of rotatable bonds is 5. The minimum Gasteiger partial charge on any atom is -0.337 e. The number of fused-ring (bicyclic) bond motifs is 2. The molecule has 33 heavy (non-hydrogen) atoms. The lowest BCUT2D eigenvalue weighted by Gasteiger charge is -2.21. The van der Waals surface area contributed by atoms with Gasteiger partial charge in [-0.15, -0.1) is 0 Å². The smallest absolute Gasteiger partial charge is 0.264 e. The van der Waals surface area contributed by atoms with E-state index >= 15 is 0 Å². The van der Waals surface area contributed by atoms with Crippen molar-refractivity contribution in [1.82, 2.24) is 9.97 Å². The van der Waals surface area contributed by atoms with Crippen LogP contribution in [-0.4, -0.2) is 18.4 Å². The number of sulfonamides is 1. The van der Waals surface area contributed by atoms with Crippen LogP contribution in [-0.2, 0) is 22.9 Å². The van der Waals surface area contributed by atoms with Gasteiger partial charge in [-0.3, -0.25) is 4.72 Å². The number of anilines is 3. The highest BCUT2D eigenvalue weighted by atomic mass is 35.5. The van der Waals surface area contributed by atoms with Crippen molar-refractivity contribution in [2.45, 2.75) is 30.6 Å². The molecule has 9 heteroatoms. The summed E-state index contributed by atoms with van der Waals surface area (Å²) in [6.07, 6.45) is 4.26. The molecule has 5 rings (SSSR count). The molecular weight excluding hydrogens is 479 g/mol. The normalized spacial score (nSPS) is 13.5. The number of hydrogen-bond donors (Lipinski definition) is 2. The Morgan fingerprint density at radius 1 is 0.818 bits per heavy atom. The predicted octanol–water partition coefficient (Wildman–Crippen LogP) is 6.36. The van der Waals surface area contributed by atoms with Gasteiger partial charge in [0.05, 0.1) is 16.1 Å². The van der Waals surface area contributed by atoms with Crippen molar-refractivity contribution < 1.29 is 8.42 Å². The second-order valence-electron chi connectivity index (χ2n) is 7.87. The summed E-state index contributed by atoms with van der Waals surface area (Å²) in [6.45, 7) is 0. The van der Waals surface area contributed by atoms with Gasteiger partial charge in [-0.1, -0.05) is 47.5 Å². The third-order valence-corrected chi connectivity index (χ3v) is 7.69. The van der Waals surface area contributed by atoms with Crippen LogP contribution in [0, 0.1) is 0 Å². The molecule has 0 spiro atoms. The Labute approximate surface area is 202 Å². The molecule has 1 aliphatic rings. The number of nitrogens with zero attached hydrogens (tertiary/aromatic N) is 2. The third kappa shape index (κ3) is 4.49. The molecule has 1 aliphatic carbocycles. The summed E-state index contributed by atoms with van der Waals surface area (Å²) >= 11 is 12.2. The fraction of sp³-hybridized carbons (Fsp3) is 0.167. The SMILES string of the molecule is O=S(=O)(Nc1nc2ccccc2nc1Nc1cccc2c1CCCC2)c1cc(Cl)ccc1Cl. The van der Waals surface area contributed by atoms with Gasteiger partial charge in [-0.25, -0.2) is 18.4 Å². The average molecular weight is 499 g/mol. The number of aryl methyl sites for hydroxylation is 1. The first kappa shape index (κ1) is 21.9. The highest BCUT2D eigenvalue weighted by Crippen LogP contribution is 2.33. The van der Waals surface area contributed by atoms with Crippen LogP contribution < -0.4 is 10.0 Å². The van der Waals surface area contributed by atoms with Crippen LogP contribution >= 0.6 is 23.2 Å². The Morgan fingerprint density at radius 2 is 1.55 bits per heavy atom. The Hall–Kier alpha value is -2.87. The number of hydrogen-bond acceptors (Lipinski definition) is 5. The first-order valence-electron chi connectivity index (χ1n) is 10.5. The lowest BCUT2D eigenvalue weighted by Crippen LogP contribution is -2.17. The molecule has 0 saturated carbocycles. The molecule has 168 valence electrons. The van der Waals surface area contributed by atoms with E-state index in [1.807, 2.05) is 30.3 Å². The van der Waals surface area contributed by atoms with E-state index in [0.29, 0.717) is 16.9 Å². The van der Waals surface area contributed by atoms with E-state index in [1.165, 1.54) is 29.3 Å². The van der Waals surface area contributed by atoms with Crippen molar-refractivity contribution in [3.8, 4) is 0 Å². The Kier molecular flexibility index (Phi) is 5.86. The van der Waals surface area contributed by atoms with Crippen molar-refractivity contribution in [1.29, 1.82) is 0 Å².